The van der Waals surface area contributed by atoms with Crippen molar-refractivity contribution in [1.82, 2.24) is 10.6 Å². The van der Waals surface area contributed by atoms with Gasteiger partial charge >= 0.3 is 0 Å². The standard InChI is InChI=1S/C17H27N3O/c1-4-18-17(20-12-15-7-8-15)19-10-9-14-6-5-13(2)16(11-14)21-3/h5-6,11,15H,4,7-10,12H2,1-3H3,(H2,18,19,20). The fourth-order valence-corrected chi connectivity index (χ4v) is 2.21. The Balaban J connectivity index is 1.81. The van der Waals surface area contributed by atoms with E-state index in [2.05, 4.69) is 47.7 Å². The number of benzene rings is 1. The zero-order valence-corrected chi connectivity index (χ0v) is 13.4. The zero-order chi connectivity index (χ0) is 15.1. The summed E-state index contributed by atoms with van der Waals surface area (Å²) < 4.78 is 5.37. The number of nitrogens with zero attached hydrogens (tertiary/aromatic N) is 1. The molecule has 0 spiro atoms. The lowest BCUT2D eigenvalue weighted by atomic mass is 10.1. The van der Waals surface area contributed by atoms with Gasteiger partial charge in [0.05, 0.1) is 7.11 Å². The maximum Gasteiger partial charge on any atom is 0.191 e. The number of nitrogens with one attached hydrogen (secondary N) is 2. The van der Waals surface area contributed by atoms with E-state index in [1.807, 2.05) is 0 Å². The summed E-state index contributed by atoms with van der Waals surface area (Å²) in [7, 11) is 1.72. The first-order valence-electron chi connectivity index (χ1n) is 7.88. The maximum absolute atomic E-state index is 5.37. The smallest absolute Gasteiger partial charge is 0.191 e. The van der Waals surface area contributed by atoms with E-state index in [0.717, 1.165) is 43.7 Å². The summed E-state index contributed by atoms with van der Waals surface area (Å²) in [5.41, 5.74) is 2.46. The van der Waals surface area contributed by atoms with E-state index in [9.17, 15) is 0 Å². The molecule has 1 aromatic carbocycles. The van der Waals surface area contributed by atoms with Crippen LogP contribution in [0.25, 0.3) is 0 Å². The molecule has 0 atom stereocenters. The van der Waals surface area contributed by atoms with E-state index >= 15 is 0 Å². The van der Waals surface area contributed by atoms with Crippen LogP contribution in [0, 0.1) is 12.8 Å². The van der Waals surface area contributed by atoms with Crippen LogP contribution < -0.4 is 15.4 Å². The second kappa shape index (κ2) is 7.91. The van der Waals surface area contributed by atoms with E-state index in [1.165, 1.54) is 24.0 Å². The minimum absolute atomic E-state index is 0.821. The third-order valence-corrected chi connectivity index (χ3v) is 3.73. The van der Waals surface area contributed by atoms with Gasteiger partial charge in [-0.2, -0.15) is 0 Å². The van der Waals surface area contributed by atoms with Crippen LogP contribution in [0.2, 0.25) is 0 Å². The van der Waals surface area contributed by atoms with E-state index in [-0.39, 0.29) is 0 Å². The lowest BCUT2D eigenvalue weighted by Gasteiger charge is -2.12. The summed E-state index contributed by atoms with van der Waals surface area (Å²) in [4.78, 5) is 4.62. The summed E-state index contributed by atoms with van der Waals surface area (Å²) in [6, 6.07) is 6.39. The number of guanidine groups is 1. The molecule has 1 aliphatic rings. The summed E-state index contributed by atoms with van der Waals surface area (Å²) >= 11 is 0. The topological polar surface area (TPSA) is 45.7 Å². The van der Waals surface area contributed by atoms with Gasteiger partial charge in [0.1, 0.15) is 5.75 Å². The SMILES string of the molecule is CCNC(=NCC1CC1)NCCc1ccc(C)c(OC)c1. The first kappa shape index (κ1) is 15.7. The number of hydrogen-bond donors (Lipinski definition) is 2. The van der Waals surface area contributed by atoms with Gasteiger partial charge < -0.3 is 15.4 Å². The van der Waals surface area contributed by atoms with Crippen molar-refractivity contribution in [1.29, 1.82) is 0 Å². The Bertz CT molecular complexity index is 481. The Morgan fingerprint density at radius 1 is 1.33 bits per heavy atom. The first-order chi connectivity index (χ1) is 10.2. The van der Waals surface area contributed by atoms with Gasteiger partial charge in [-0.1, -0.05) is 12.1 Å². The first-order valence-corrected chi connectivity index (χ1v) is 7.88. The molecule has 1 fully saturated rings. The lowest BCUT2D eigenvalue weighted by molar-refractivity contribution is 0.411. The Hall–Kier alpha value is -1.71. The van der Waals surface area contributed by atoms with Gasteiger partial charge in [0, 0.05) is 19.6 Å². The molecule has 2 rings (SSSR count). The highest BCUT2D eigenvalue weighted by Gasteiger charge is 2.20. The molecule has 21 heavy (non-hydrogen) atoms. The van der Waals surface area contributed by atoms with Crippen molar-refractivity contribution >= 4 is 5.96 Å². The zero-order valence-electron chi connectivity index (χ0n) is 13.4. The van der Waals surface area contributed by atoms with E-state index in [0.29, 0.717) is 0 Å². The fourth-order valence-electron chi connectivity index (χ4n) is 2.21. The van der Waals surface area contributed by atoms with Crippen LogP contribution in [-0.4, -0.2) is 32.7 Å². The highest BCUT2D eigenvalue weighted by Crippen LogP contribution is 2.28. The van der Waals surface area contributed by atoms with Gasteiger partial charge in [-0.15, -0.1) is 0 Å². The average Bonchev–Trinajstić information content (AvgIpc) is 3.30. The molecule has 0 heterocycles. The molecule has 0 unspecified atom stereocenters. The van der Waals surface area contributed by atoms with Crippen molar-refractivity contribution in [2.45, 2.75) is 33.1 Å². The van der Waals surface area contributed by atoms with Crippen molar-refractivity contribution in [2.24, 2.45) is 10.9 Å². The van der Waals surface area contributed by atoms with Gasteiger partial charge in [0.2, 0.25) is 0 Å². The van der Waals surface area contributed by atoms with Crippen molar-refractivity contribution in [3.8, 4) is 5.75 Å². The van der Waals surface area contributed by atoms with Crippen LogP contribution >= 0.6 is 0 Å². The van der Waals surface area contributed by atoms with E-state index < -0.39 is 0 Å². The average molecular weight is 289 g/mol. The Labute approximate surface area is 128 Å². The van der Waals surface area contributed by atoms with E-state index in [4.69, 9.17) is 4.74 Å². The van der Waals surface area contributed by atoms with Crippen LogP contribution in [0.4, 0.5) is 0 Å². The van der Waals surface area contributed by atoms with Gasteiger partial charge in [0.15, 0.2) is 5.96 Å². The molecule has 1 aliphatic carbocycles. The van der Waals surface area contributed by atoms with Crippen LogP contribution in [0.15, 0.2) is 23.2 Å². The monoisotopic (exact) mass is 289 g/mol. The van der Waals surface area contributed by atoms with Gasteiger partial charge in [-0.3, -0.25) is 4.99 Å². The Morgan fingerprint density at radius 3 is 2.81 bits per heavy atom. The predicted molar refractivity (Wildman–Crippen MR) is 88.1 cm³/mol. The molecule has 0 amide bonds. The summed E-state index contributed by atoms with van der Waals surface area (Å²) in [5.74, 6) is 2.71. The number of ether oxygens (including phenoxy) is 1. The number of aliphatic imine (C=N–C) groups is 1. The molecule has 1 saturated carbocycles. The van der Waals surface area contributed by atoms with Crippen LogP contribution in [-0.2, 0) is 6.42 Å². The minimum atomic E-state index is 0.821. The maximum atomic E-state index is 5.37. The van der Waals surface area contributed by atoms with Gasteiger partial charge in [-0.05, 0) is 56.2 Å². The summed E-state index contributed by atoms with van der Waals surface area (Å²) in [5, 5.41) is 6.70. The molecule has 2 N–H and O–H groups in total. The van der Waals surface area contributed by atoms with Gasteiger partial charge in [-0.25, -0.2) is 0 Å². The Kier molecular flexibility index (Phi) is 5.90. The highest BCUT2D eigenvalue weighted by molar-refractivity contribution is 5.79. The highest BCUT2D eigenvalue weighted by atomic mass is 16.5. The van der Waals surface area contributed by atoms with Crippen LogP contribution in [0.3, 0.4) is 0 Å². The molecular weight excluding hydrogens is 262 g/mol. The third-order valence-electron chi connectivity index (χ3n) is 3.73. The summed E-state index contributed by atoms with van der Waals surface area (Å²) in [6.07, 6.45) is 3.64. The normalized spacial score (nSPS) is 14.9. The number of rotatable bonds is 7. The second-order valence-electron chi connectivity index (χ2n) is 5.64. The summed E-state index contributed by atoms with van der Waals surface area (Å²) in [6.45, 7) is 6.89. The molecule has 0 radical (unpaired) electrons. The van der Waals surface area contributed by atoms with Crippen molar-refractivity contribution < 1.29 is 4.74 Å². The number of hydrogen-bond acceptors (Lipinski definition) is 2. The van der Waals surface area contributed by atoms with Gasteiger partial charge in [0.25, 0.3) is 0 Å². The van der Waals surface area contributed by atoms with Crippen molar-refractivity contribution in [2.75, 3.05) is 26.7 Å². The molecule has 0 aliphatic heterocycles. The number of methoxy groups -OCH3 is 1. The third kappa shape index (κ3) is 5.29. The van der Waals surface area contributed by atoms with E-state index in [1.54, 1.807) is 7.11 Å². The molecule has 0 aromatic heterocycles. The van der Waals surface area contributed by atoms with Crippen LogP contribution in [0.5, 0.6) is 5.75 Å². The molecule has 4 heteroatoms. The largest absolute Gasteiger partial charge is 0.496 e. The fraction of sp³-hybridized carbons (Fsp3) is 0.588. The second-order valence-corrected chi connectivity index (χ2v) is 5.64. The minimum Gasteiger partial charge on any atom is -0.496 e. The van der Waals surface area contributed by atoms with Crippen molar-refractivity contribution in [3.05, 3.63) is 29.3 Å². The quantitative estimate of drug-likeness (QED) is 0.599. The molecule has 116 valence electrons. The molecule has 1 aromatic rings. The molecular formula is C17H27N3O. The predicted octanol–water partition coefficient (Wildman–Crippen LogP) is 2.51. The van der Waals surface area contributed by atoms with Crippen molar-refractivity contribution in [3.63, 3.8) is 0 Å². The number of aryl methyl sites for hydroxylation is 1. The Morgan fingerprint density at radius 2 is 2.14 bits per heavy atom. The molecule has 0 saturated heterocycles. The molecule has 0 bridgehead atoms. The van der Waals surface area contributed by atoms with Crippen LogP contribution in [0.1, 0.15) is 30.9 Å². The lowest BCUT2D eigenvalue weighted by Crippen LogP contribution is -2.38. The molecule has 4 nitrogen and oxygen atoms in total.